The van der Waals surface area contributed by atoms with Gasteiger partial charge in [-0.3, -0.25) is 0 Å². The average Bonchev–Trinajstić information content (AvgIpc) is 2.51. The maximum Gasteiger partial charge on any atom is 0.418 e. The smallest absolute Gasteiger partial charge is 0.369 e. The zero-order valence-electron chi connectivity index (χ0n) is 14.1. The second-order valence-electron chi connectivity index (χ2n) is 5.57. The van der Waals surface area contributed by atoms with Crippen LogP contribution in [0.15, 0.2) is 35.3 Å². The van der Waals surface area contributed by atoms with Crippen molar-refractivity contribution in [3.63, 3.8) is 0 Å². The van der Waals surface area contributed by atoms with Gasteiger partial charge in [0.2, 0.25) is 5.96 Å². The number of aliphatic imine (C=N–C) groups is 1. The first-order chi connectivity index (χ1) is 11.8. The molecule has 0 spiro atoms. The number of halogens is 3. The third kappa shape index (κ3) is 5.44. The predicted molar refractivity (Wildman–Crippen MR) is 91.7 cm³/mol. The lowest BCUT2D eigenvalue weighted by Gasteiger charge is -2.13. The zero-order valence-corrected chi connectivity index (χ0v) is 14.1. The van der Waals surface area contributed by atoms with Crippen molar-refractivity contribution in [2.45, 2.75) is 39.3 Å². The van der Waals surface area contributed by atoms with E-state index in [9.17, 15) is 13.2 Å². The Morgan fingerprint density at radius 1 is 1.24 bits per heavy atom. The van der Waals surface area contributed by atoms with Crippen LogP contribution in [0.25, 0.3) is 0 Å². The average molecular weight is 351 g/mol. The third-order valence-corrected chi connectivity index (χ3v) is 3.40. The van der Waals surface area contributed by atoms with Crippen molar-refractivity contribution in [3.8, 4) is 0 Å². The normalized spacial score (nSPS) is 12.3. The molecule has 0 saturated heterocycles. The molecular weight excluding hydrogens is 331 g/mol. The van der Waals surface area contributed by atoms with Crippen molar-refractivity contribution in [1.82, 2.24) is 9.97 Å². The number of para-hydroxylation sites is 1. The number of unbranched alkanes of at least 4 members (excludes halogenated alkanes) is 1. The lowest BCUT2D eigenvalue weighted by Crippen LogP contribution is -2.24. The summed E-state index contributed by atoms with van der Waals surface area (Å²) in [4.78, 5) is 12.4. The van der Waals surface area contributed by atoms with E-state index < -0.39 is 11.7 Å². The molecule has 0 fully saturated rings. The summed E-state index contributed by atoms with van der Waals surface area (Å²) in [6.07, 6.45) is -1.70. The highest BCUT2D eigenvalue weighted by Gasteiger charge is 2.33. The molecule has 1 aromatic heterocycles. The minimum Gasteiger partial charge on any atom is -0.369 e. The first-order valence-electron chi connectivity index (χ1n) is 7.91. The van der Waals surface area contributed by atoms with Crippen LogP contribution in [-0.4, -0.2) is 15.9 Å². The van der Waals surface area contributed by atoms with Gasteiger partial charge in [0.15, 0.2) is 0 Å². The molecule has 0 radical (unpaired) electrons. The Morgan fingerprint density at radius 2 is 1.96 bits per heavy atom. The Kier molecular flexibility index (Phi) is 5.95. The number of aryl methyl sites for hydroxylation is 2. The molecule has 0 unspecified atom stereocenters. The molecule has 0 saturated carbocycles. The van der Waals surface area contributed by atoms with Crippen LogP contribution in [0, 0.1) is 6.92 Å². The van der Waals surface area contributed by atoms with Crippen LogP contribution >= 0.6 is 0 Å². The van der Waals surface area contributed by atoms with Gasteiger partial charge in [-0.15, -0.1) is 0 Å². The number of nitrogens with one attached hydrogen (secondary N) is 1. The number of aromatic nitrogens is 2. The molecule has 2 rings (SSSR count). The highest BCUT2D eigenvalue weighted by atomic mass is 19.4. The number of hydrogen-bond acceptors (Lipinski definition) is 3. The molecule has 0 aliphatic rings. The number of rotatable bonds is 5. The second kappa shape index (κ2) is 7.96. The summed E-state index contributed by atoms with van der Waals surface area (Å²) >= 11 is 0. The number of anilines is 1. The van der Waals surface area contributed by atoms with Gasteiger partial charge in [0.05, 0.1) is 11.3 Å². The first-order valence-corrected chi connectivity index (χ1v) is 7.91. The molecule has 3 N–H and O–H groups in total. The van der Waals surface area contributed by atoms with E-state index in [2.05, 4.69) is 27.2 Å². The minimum absolute atomic E-state index is 0.126. The molecular formula is C17H20F3N5. The molecule has 1 aromatic carbocycles. The number of benzene rings is 1. The summed E-state index contributed by atoms with van der Waals surface area (Å²) in [6, 6.07) is 6.91. The maximum absolute atomic E-state index is 13.0. The van der Waals surface area contributed by atoms with Crippen molar-refractivity contribution in [2.24, 2.45) is 10.7 Å². The standard InChI is InChI=1S/C17H20F3N5/c1-3-4-7-12-10-11(2)22-16(23-12)25-15(21)24-14-9-6-5-8-13(14)17(18,19)20/h5-6,8-10H,3-4,7H2,1-2H3,(H3,21,22,23,24,25). The van der Waals surface area contributed by atoms with Crippen molar-refractivity contribution >= 4 is 17.6 Å². The fraction of sp³-hybridized carbons (Fsp3) is 0.353. The largest absolute Gasteiger partial charge is 0.418 e. The topological polar surface area (TPSA) is 76.2 Å². The van der Waals surface area contributed by atoms with Gasteiger partial charge in [-0.2, -0.15) is 18.2 Å². The highest BCUT2D eigenvalue weighted by Crippen LogP contribution is 2.34. The predicted octanol–water partition coefficient (Wildman–Crippen LogP) is 4.20. The molecule has 0 bridgehead atoms. The second-order valence-corrected chi connectivity index (χ2v) is 5.57. The van der Waals surface area contributed by atoms with Crippen LogP contribution in [0.3, 0.4) is 0 Å². The van der Waals surface area contributed by atoms with Gasteiger partial charge in [-0.1, -0.05) is 25.5 Å². The van der Waals surface area contributed by atoms with Gasteiger partial charge in [0.25, 0.3) is 5.95 Å². The molecule has 0 atom stereocenters. The molecule has 2 aromatic rings. The molecule has 0 aliphatic carbocycles. The maximum atomic E-state index is 13.0. The zero-order chi connectivity index (χ0) is 18.4. The Bertz CT molecular complexity index is 756. The van der Waals surface area contributed by atoms with Crippen molar-refractivity contribution in [1.29, 1.82) is 0 Å². The Hall–Kier alpha value is -2.64. The van der Waals surface area contributed by atoms with Crippen LogP contribution in [0.5, 0.6) is 0 Å². The SMILES string of the molecule is CCCCc1cc(C)nc(/N=C(\N)Nc2ccccc2C(F)(F)F)n1. The van der Waals surface area contributed by atoms with Crippen molar-refractivity contribution in [3.05, 3.63) is 47.3 Å². The Balaban J connectivity index is 2.24. The van der Waals surface area contributed by atoms with Gasteiger partial charge in [0, 0.05) is 11.4 Å². The van der Waals surface area contributed by atoms with Gasteiger partial charge in [-0.25, -0.2) is 9.97 Å². The Morgan fingerprint density at radius 3 is 2.64 bits per heavy atom. The van der Waals surface area contributed by atoms with Gasteiger partial charge in [-0.05, 0) is 38.0 Å². The van der Waals surface area contributed by atoms with Gasteiger partial charge < -0.3 is 11.1 Å². The summed E-state index contributed by atoms with van der Waals surface area (Å²) in [5.41, 5.74) is 6.31. The molecule has 0 aliphatic heterocycles. The molecule has 8 heteroatoms. The monoisotopic (exact) mass is 351 g/mol. The molecule has 25 heavy (non-hydrogen) atoms. The quantitative estimate of drug-likeness (QED) is 0.625. The van der Waals surface area contributed by atoms with E-state index in [1.54, 1.807) is 6.92 Å². The van der Waals surface area contributed by atoms with E-state index in [-0.39, 0.29) is 17.6 Å². The van der Waals surface area contributed by atoms with E-state index >= 15 is 0 Å². The molecule has 134 valence electrons. The highest BCUT2D eigenvalue weighted by molar-refractivity contribution is 5.94. The fourth-order valence-corrected chi connectivity index (χ4v) is 2.27. The van der Waals surface area contributed by atoms with Crippen LogP contribution in [-0.2, 0) is 12.6 Å². The van der Waals surface area contributed by atoms with E-state index in [0.717, 1.165) is 36.7 Å². The number of hydrogen-bond donors (Lipinski definition) is 2. The summed E-state index contributed by atoms with van der Waals surface area (Å²) in [5.74, 6) is -0.0793. The number of guanidine groups is 1. The van der Waals surface area contributed by atoms with Crippen LogP contribution in [0.4, 0.5) is 24.8 Å². The van der Waals surface area contributed by atoms with Crippen molar-refractivity contribution in [2.75, 3.05) is 5.32 Å². The number of nitrogens with zero attached hydrogens (tertiary/aromatic N) is 3. The lowest BCUT2D eigenvalue weighted by atomic mass is 10.1. The Labute approximate surface area is 144 Å². The molecule has 1 heterocycles. The molecule has 5 nitrogen and oxygen atoms in total. The van der Waals surface area contributed by atoms with Crippen LogP contribution < -0.4 is 11.1 Å². The van der Waals surface area contributed by atoms with Gasteiger partial charge >= 0.3 is 6.18 Å². The van der Waals surface area contributed by atoms with E-state index in [0.29, 0.717) is 0 Å². The minimum atomic E-state index is -4.49. The van der Waals surface area contributed by atoms with Gasteiger partial charge in [0.1, 0.15) is 0 Å². The fourth-order valence-electron chi connectivity index (χ4n) is 2.27. The van der Waals surface area contributed by atoms with Crippen LogP contribution in [0.1, 0.15) is 36.7 Å². The first kappa shape index (κ1) is 18.7. The summed E-state index contributed by atoms with van der Waals surface area (Å²) < 4.78 is 39.0. The summed E-state index contributed by atoms with van der Waals surface area (Å²) in [6.45, 7) is 3.88. The third-order valence-electron chi connectivity index (χ3n) is 3.40. The summed E-state index contributed by atoms with van der Waals surface area (Å²) in [7, 11) is 0. The van der Waals surface area contributed by atoms with Crippen molar-refractivity contribution < 1.29 is 13.2 Å². The number of nitrogens with two attached hydrogens (primary N) is 1. The van der Waals surface area contributed by atoms with E-state index in [4.69, 9.17) is 5.73 Å². The van der Waals surface area contributed by atoms with E-state index in [1.807, 2.05) is 6.07 Å². The number of alkyl halides is 3. The summed E-state index contributed by atoms with van der Waals surface area (Å²) in [5, 5.41) is 2.48. The van der Waals surface area contributed by atoms with E-state index in [1.165, 1.54) is 18.2 Å². The molecule has 0 amide bonds. The van der Waals surface area contributed by atoms with Crippen LogP contribution in [0.2, 0.25) is 0 Å². The lowest BCUT2D eigenvalue weighted by molar-refractivity contribution is -0.136.